The first-order chi connectivity index (χ1) is 8.68. The average molecular weight is 326 g/mol. The lowest BCUT2D eigenvalue weighted by Crippen LogP contribution is -2.25. The molecular formula is C10H9ClFNO4S2. The van der Waals surface area contributed by atoms with E-state index in [2.05, 4.69) is 10.6 Å². The highest BCUT2D eigenvalue weighted by atomic mass is 35.7. The molecule has 5 nitrogen and oxygen atoms in total. The van der Waals surface area contributed by atoms with Crippen molar-refractivity contribution in [3.63, 3.8) is 0 Å². The molecule has 1 aromatic carbocycles. The second-order valence-electron chi connectivity index (χ2n) is 3.38. The van der Waals surface area contributed by atoms with Gasteiger partial charge in [0.05, 0.1) is 4.90 Å². The maximum Gasteiger partial charge on any atom is 0.261 e. The van der Waals surface area contributed by atoms with Gasteiger partial charge in [0, 0.05) is 23.6 Å². The zero-order valence-corrected chi connectivity index (χ0v) is 11.8. The second-order valence-corrected chi connectivity index (χ2v) is 7.68. The van der Waals surface area contributed by atoms with Crippen LogP contribution in [0.4, 0.5) is 4.39 Å². The largest absolute Gasteiger partial charge is 0.261 e. The van der Waals surface area contributed by atoms with Crippen LogP contribution in [-0.4, -0.2) is 23.4 Å². The van der Waals surface area contributed by atoms with E-state index in [0.717, 1.165) is 12.1 Å². The molecule has 0 aliphatic rings. The van der Waals surface area contributed by atoms with E-state index in [1.165, 1.54) is 0 Å². The minimum atomic E-state index is -4.12. The van der Waals surface area contributed by atoms with Gasteiger partial charge in [-0.25, -0.2) is 25.9 Å². The quantitative estimate of drug-likeness (QED) is 0.498. The van der Waals surface area contributed by atoms with Crippen LogP contribution in [0.1, 0.15) is 6.42 Å². The van der Waals surface area contributed by atoms with E-state index < -0.39 is 34.7 Å². The van der Waals surface area contributed by atoms with Gasteiger partial charge in [0.15, 0.2) is 0 Å². The van der Waals surface area contributed by atoms with Gasteiger partial charge in [0.25, 0.3) is 9.05 Å². The molecule has 9 heteroatoms. The molecule has 0 bridgehead atoms. The van der Waals surface area contributed by atoms with Crippen molar-refractivity contribution in [2.24, 2.45) is 0 Å². The zero-order chi connectivity index (χ0) is 14.7. The van der Waals surface area contributed by atoms with Gasteiger partial charge in [-0.05, 0) is 18.2 Å². The van der Waals surface area contributed by atoms with Gasteiger partial charge in [-0.15, -0.1) is 12.3 Å². The first-order valence-corrected chi connectivity index (χ1v) is 8.65. The van der Waals surface area contributed by atoms with Gasteiger partial charge in [-0.1, -0.05) is 0 Å². The molecule has 0 amide bonds. The summed E-state index contributed by atoms with van der Waals surface area (Å²) in [6.07, 6.45) is 5.10. The molecule has 0 aliphatic heterocycles. The lowest BCUT2D eigenvalue weighted by atomic mass is 10.3. The molecule has 0 heterocycles. The fourth-order valence-corrected chi connectivity index (χ4v) is 3.04. The molecule has 104 valence electrons. The molecule has 1 N–H and O–H groups in total. The summed E-state index contributed by atoms with van der Waals surface area (Å²) >= 11 is 0. The van der Waals surface area contributed by atoms with E-state index in [1.54, 1.807) is 0 Å². The van der Waals surface area contributed by atoms with Gasteiger partial charge in [0.1, 0.15) is 10.7 Å². The minimum absolute atomic E-state index is 0.0478. The smallest absolute Gasteiger partial charge is 0.210 e. The van der Waals surface area contributed by atoms with Crippen LogP contribution >= 0.6 is 10.7 Å². The third-order valence-electron chi connectivity index (χ3n) is 2.04. The van der Waals surface area contributed by atoms with Crippen molar-refractivity contribution < 1.29 is 21.2 Å². The molecule has 1 rings (SSSR count). The Morgan fingerprint density at radius 2 is 1.95 bits per heavy atom. The van der Waals surface area contributed by atoms with E-state index in [9.17, 15) is 21.2 Å². The Balaban J connectivity index is 3.14. The fourth-order valence-electron chi connectivity index (χ4n) is 1.19. The molecule has 0 fully saturated rings. The first-order valence-electron chi connectivity index (χ1n) is 4.86. The van der Waals surface area contributed by atoms with E-state index in [1.807, 2.05) is 0 Å². The molecule has 0 atom stereocenters. The van der Waals surface area contributed by atoms with Gasteiger partial charge < -0.3 is 0 Å². The van der Waals surface area contributed by atoms with E-state index in [-0.39, 0.29) is 13.0 Å². The Morgan fingerprint density at radius 3 is 2.42 bits per heavy atom. The number of hydrogen-bond donors (Lipinski definition) is 1. The summed E-state index contributed by atoms with van der Waals surface area (Å²) in [7, 11) is -3.18. The van der Waals surface area contributed by atoms with Crippen molar-refractivity contribution in [2.75, 3.05) is 6.54 Å². The Kier molecular flexibility index (Phi) is 4.92. The SMILES string of the molecule is C#CCCNS(=O)(=O)c1ccc(S(=O)(=O)Cl)cc1F. The lowest BCUT2D eigenvalue weighted by Gasteiger charge is -2.07. The van der Waals surface area contributed by atoms with Gasteiger partial charge in [-0.2, -0.15) is 0 Å². The Morgan fingerprint density at radius 1 is 1.32 bits per heavy atom. The van der Waals surface area contributed by atoms with Crippen LogP contribution in [0.25, 0.3) is 0 Å². The van der Waals surface area contributed by atoms with Gasteiger partial charge >= 0.3 is 0 Å². The van der Waals surface area contributed by atoms with Crippen LogP contribution in [-0.2, 0) is 19.1 Å². The van der Waals surface area contributed by atoms with Gasteiger partial charge in [-0.3, -0.25) is 0 Å². The predicted octanol–water partition coefficient (Wildman–Crippen LogP) is 1.05. The number of terminal acetylenes is 1. The number of sulfonamides is 1. The molecule has 0 spiro atoms. The molecule has 0 radical (unpaired) electrons. The lowest BCUT2D eigenvalue weighted by molar-refractivity contribution is 0.554. The number of halogens is 2. The zero-order valence-electron chi connectivity index (χ0n) is 9.43. The maximum absolute atomic E-state index is 13.6. The Hall–Kier alpha value is -1.14. The molecule has 0 aromatic heterocycles. The standard InChI is InChI=1S/C10H9ClFNO4S2/c1-2-3-6-13-19(16,17)10-5-4-8(7-9(10)12)18(11,14)15/h1,4-5,7,13H,3,6H2. The predicted molar refractivity (Wildman–Crippen MR) is 68.1 cm³/mol. The molecule has 0 unspecified atom stereocenters. The van der Waals surface area contributed by atoms with Crippen molar-refractivity contribution >= 4 is 29.8 Å². The van der Waals surface area contributed by atoms with Crippen LogP contribution in [0.15, 0.2) is 28.0 Å². The minimum Gasteiger partial charge on any atom is -0.210 e. The maximum atomic E-state index is 13.6. The number of rotatable bonds is 5. The molecule has 0 saturated heterocycles. The summed E-state index contributed by atoms with van der Waals surface area (Å²) in [5.41, 5.74) is 0. The van der Waals surface area contributed by atoms with Crippen molar-refractivity contribution in [1.29, 1.82) is 0 Å². The number of benzene rings is 1. The van der Waals surface area contributed by atoms with Crippen molar-refractivity contribution in [1.82, 2.24) is 4.72 Å². The van der Waals surface area contributed by atoms with Crippen LogP contribution in [0, 0.1) is 18.2 Å². The average Bonchev–Trinajstić information content (AvgIpc) is 2.27. The topological polar surface area (TPSA) is 80.3 Å². The highest BCUT2D eigenvalue weighted by Crippen LogP contribution is 2.21. The van der Waals surface area contributed by atoms with Crippen LogP contribution in [0.3, 0.4) is 0 Å². The first kappa shape index (κ1) is 15.9. The number of hydrogen-bond acceptors (Lipinski definition) is 4. The monoisotopic (exact) mass is 325 g/mol. The van der Waals surface area contributed by atoms with E-state index in [4.69, 9.17) is 17.1 Å². The summed E-state index contributed by atoms with van der Waals surface area (Å²) in [4.78, 5) is -1.19. The third-order valence-corrected chi connectivity index (χ3v) is 4.88. The van der Waals surface area contributed by atoms with Crippen LogP contribution in [0.5, 0.6) is 0 Å². The normalized spacial score (nSPS) is 12.1. The summed E-state index contributed by atoms with van der Waals surface area (Å²) < 4.78 is 61.0. The van der Waals surface area contributed by atoms with Crippen molar-refractivity contribution in [3.8, 4) is 12.3 Å². The van der Waals surface area contributed by atoms with Crippen LogP contribution in [0.2, 0.25) is 0 Å². The molecule has 1 aromatic rings. The molecule has 19 heavy (non-hydrogen) atoms. The van der Waals surface area contributed by atoms with Crippen LogP contribution < -0.4 is 4.72 Å². The molecular weight excluding hydrogens is 317 g/mol. The highest BCUT2D eigenvalue weighted by Gasteiger charge is 2.21. The van der Waals surface area contributed by atoms with Crippen molar-refractivity contribution in [2.45, 2.75) is 16.2 Å². The van der Waals surface area contributed by atoms with E-state index >= 15 is 0 Å². The number of nitrogens with one attached hydrogen (secondary N) is 1. The van der Waals surface area contributed by atoms with E-state index in [0.29, 0.717) is 6.07 Å². The summed E-state index contributed by atoms with van der Waals surface area (Å²) in [5.74, 6) is 1.00. The highest BCUT2D eigenvalue weighted by molar-refractivity contribution is 8.13. The summed E-state index contributed by atoms with van der Waals surface area (Å²) in [5, 5.41) is 0. The van der Waals surface area contributed by atoms with Crippen molar-refractivity contribution in [3.05, 3.63) is 24.0 Å². The fraction of sp³-hybridized carbons (Fsp3) is 0.200. The summed E-state index contributed by atoms with van der Waals surface area (Å²) in [6.45, 7) is -0.0478. The Labute approximate surface area is 115 Å². The molecule has 0 saturated carbocycles. The van der Waals surface area contributed by atoms with Gasteiger partial charge in [0.2, 0.25) is 10.0 Å². The second kappa shape index (κ2) is 5.88. The Bertz CT molecular complexity index is 722. The third kappa shape index (κ3) is 4.18. The molecule has 0 aliphatic carbocycles. The summed E-state index contributed by atoms with van der Waals surface area (Å²) in [6, 6.07) is 2.27.